The van der Waals surface area contributed by atoms with Crippen molar-refractivity contribution < 1.29 is 14.3 Å². The Morgan fingerprint density at radius 2 is 1.83 bits per heavy atom. The van der Waals surface area contributed by atoms with E-state index in [1.165, 1.54) is 0 Å². The lowest BCUT2D eigenvalue weighted by Crippen LogP contribution is -1.95. The number of nitrogens with zero attached hydrogens (tertiary/aromatic N) is 1. The highest BCUT2D eigenvalue weighted by atomic mass is 16.4. The number of carbonyl (C=O) groups is 1. The number of fused-ring (bicyclic) bond motifs is 1. The first-order chi connectivity index (χ1) is 8.75. The largest absolute Gasteiger partial charge is 0.474 e. The maximum atomic E-state index is 10.9. The molecular formula is C14H9NO3. The third-order valence-electron chi connectivity index (χ3n) is 2.69. The zero-order valence-corrected chi connectivity index (χ0v) is 9.33. The van der Waals surface area contributed by atoms with Crippen LogP contribution in [0.3, 0.4) is 0 Å². The first-order valence-corrected chi connectivity index (χ1v) is 5.44. The van der Waals surface area contributed by atoms with E-state index in [2.05, 4.69) is 4.98 Å². The van der Waals surface area contributed by atoms with Gasteiger partial charge >= 0.3 is 11.9 Å². The average Bonchev–Trinajstić information content (AvgIpc) is 2.83. The van der Waals surface area contributed by atoms with Crippen LogP contribution in [0.2, 0.25) is 0 Å². The normalized spacial score (nSPS) is 10.7. The van der Waals surface area contributed by atoms with Crippen LogP contribution in [0, 0.1) is 0 Å². The smallest absolute Gasteiger partial charge is 0.392 e. The Bertz CT molecular complexity index is 716. The van der Waals surface area contributed by atoms with E-state index >= 15 is 0 Å². The Labute approximate surface area is 103 Å². The second kappa shape index (κ2) is 4.00. The molecule has 1 heterocycles. The Kier molecular flexibility index (Phi) is 2.34. The summed E-state index contributed by atoms with van der Waals surface area (Å²) in [6.45, 7) is 0. The van der Waals surface area contributed by atoms with Crippen molar-refractivity contribution in [3.8, 4) is 11.1 Å². The number of hydrogen-bond donors (Lipinski definition) is 1. The van der Waals surface area contributed by atoms with E-state index in [-0.39, 0.29) is 5.89 Å². The lowest BCUT2D eigenvalue weighted by molar-refractivity contribution is 0.0656. The summed E-state index contributed by atoms with van der Waals surface area (Å²) in [4.78, 5) is 14.9. The number of benzene rings is 2. The number of oxazole rings is 1. The molecule has 4 heteroatoms. The fraction of sp³-hybridized carbons (Fsp3) is 0. The molecule has 0 amide bonds. The molecule has 1 aromatic heterocycles. The van der Waals surface area contributed by atoms with Gasteiger partial charge in [-0.1, -0.05) is 42.5 Å². The second-order valence-electron chi connectivity index (χ2n) is 3.84. The summed E-state index contributed by atoms with van der Waals surface area (Å²) >= 11 is 0. The highest BCUT2D eigenvalue weighted by Crippen LogP contribution is 2.28. The van der Waals surface area contributed by atoms with Gasteiger partial charge in [-0.2, -0.15) is 0 Å². The molecule has 4 nitrogen and oxygen atoms in total. The maximum absolute atomic E-state index is 10.9. The van der Waals surface area contributed by atoms with E-state index in [4.69, 9.17) is 9.52 Å². The highest BCUT2D eigenvalue weighted by Gasteiger charge is 2.15. The van der Waals surface area contributed by atoms with Gasteiger partial charge in [0.1, 0.15) is 5.52 Å². The molecule has 3 rings (SSSR count). The molecule has 0 aliphatic heterocycles. The Hall–Kier alpha value is -2.62. The SMILES string of the molecule is O=C(O)c1nc2c(-c3ccccc3)cccc2o1. The van der Waals surface area contributed by atoms with Crippen molar-refractivity contribution in [2.75, 3.05) is 0 Å². The van der Waals surface area contributed by atoms with Crippen molar-refractivity contribution in [2.24, 2.45) is 0 Å². The Morgan fingerprint density at radius 3 is 2.56 bits per heavy atom. The average molecular weight is 239 g/mol. The Balaban J connectivity index is 2.27. The summed E-state index contributed by atoms with van der Waals surface area (Å²) in [5.41, 5.74) is 2.90. The van der Waals surface area contributed by atoms with Crippen molar-refractivity contribution in [3.63, 3.8) is 0 Å². The highest BCUT2D eigenvalue weighted by molar-refractivity contribution is 5.94. The summed E-state index contributed by atoms with van der Waals surface area (Å²) < 4.78 is 5.18. The fourth-order valence-corrected chi connectivity index (χ4v) is 1.89. The van der Waals surface area contributed by atoms with E-state index in [0.717, 1.165) is 11.1 Å². The van der Waals surface area contributed by atoms with Gasteiger partial charge in [0.05, 0.1) is 0 Å². The van der Waals surface area contributed by atoms with Gasteiger partial charge in [-0.25, -0.2) is 9.78 Å². The molecule has 0 fully saturated rings. The lowest BCUT2D eigenvalue weighted by atomic mass is 10.0. The third-order valence-corrected chi connectivity index (χ3v) is 2.69. The van der Waals surface area contributed by atoms with Crippen molar-refractivity contribution in [3.05, 3.63) is 54.4 Å². The summed E-state index contributed by atoms with van der Waals surface area (Å²) in [5.74, 6) is -1.45. The van der Waals surface area contributed by atoms with Crippen LogP contribution in [0.15, 0.2) is 52.9 Å². The van der Waals surface area contributed by atoms with Crippen molar-refractivity contribution >= 4 is 17.1 Å². The topological polar surface area (TPSA) is 63.3 Å². The number of hydrogen-bond acceptors (Lipinski definition) is 3. The number of rotatable bonds is 2. The summed E-state index contributed by atoms with van der Waals surface area (Å²) in [6, 6.07) is 15.1. The monoisotopic (exact) mass is 239 g/mol. The van der Waals surface area contributed by atoms with E-state index in [1.54, 1.807) is 6.07 Å². The predicted octanol–water partition coefficient (Wildman–Crippen LogP) is 3.19. The molecule has 88 valence electrons. The molecule has 0 atom stereocenters. The molecule has 0 saturated carbocycles. The van der Waals surface area contributed by atoms with E-state index < -0.39 is 5.97 Å². The zero-order valence-electron chi connectivity index (χ0n) is 9.33. The predicted molar refractivity (Wildman–Crippen MR) is 66.4 cm³/mol. The Morgan fingerprint density at radius 1 is 1.06 bits per heavy atom. The van der Waals surface area contributed by atoms with Crippen LogP contribution in [-0.2, 0) is 0 Å². The van der Waals surface area contributed by atoms with Crippen LogP contribution in [-0.4, -0.2) is 16.1 Å². The summed E-state index contributed by atoms with van der Waals surface area (Å²) in [5, 5.41) is 8.89. The van der Waals surface area contributed by atoms with Crippen molar-refractivity contribution in [1.82, 2.24) is 4.98 Å². The minimum atomic E-state index is -1.16. The van der Waals surface area contributed by atoms with Crippen LogP contribution in [0.25, 0.3) is 22.2 Å². The van der Waals surface area contributed by atoms with Gasteiger partial charge in [0.2, 0.25) is 0 Å². The summed E-state index contributed by atoms with van der Waals surface area (Å²) in [6.07, 6.45) is 0. The van der Waals surface area contributed by atoms with Crippen LogP contribution in [0.1, 0.15) is 10.7 Å². The molecule has 0 aliphatic carbocycles. The van der Waals surface area contributed by atoms with E-state index in [0.29, 0.717) is 11.1 Å². The number of aromatic nitrogens is 1. The molecule has 0 bridgehead atoms. The molecule has 0 spiro atoms. The lowest BCUT2D eigenvalue weighted by Gasteiger charge is -2.00. The molecule has 1 N–H and O–H groups in total. The second-order valence-corrected chi connectivity index (χ2v) is 3.84. The minimum absolute atomic E-state index is 0.284. The van der Waals surface area contributed by atoms with Gasteiger partial charge < -0.3 is 9.52 Å². The van der Waals surface area contributed by atoms with Gasteiger partial charge in [0.15, 0.2) is 5.58 Å². The van der Waals surface area contributed by atoms with Crippen LogP contribution < -0.4 is 0 Å². The van der Waals surface area contributed by atoms with Crippen molar-refractivity contribution in [1.29, 1.82) is 0 Å². The standard InChI is InChI=1S/C14H9NO3/c16-14(17)13-15-12-10(7-4-8-11(12)18-13)9-5-2-1-3-6-9/h1-8H,(H,16,17). The molecule has 18 heavy (non-hydrogen) atoms. The van der Waals surface area contributed by atoms with Gasteiger partial charge in [0.25, 0.3) is 0 Å². The minimum Gasteiger partial charge on any atom is -0.474 e. The molecule has 3 aromatic rings. The van der Waals surface area contributed by atoms with Gasteiger partial charge in [0, 0.05) is 5.56 Å². The third kappa shape index (κ3) is 1.64. The van der Waals surface area contributed by atoms with Gasteiger partial charge in [-0.3, -0.25) is 0 Å². The van der Waals surface area contributed by atoms with Gasteiger partial charge in [-0.05, 0) is 11.6 Å². The van der Waals surface area contributed by atoms with E-state index in [9.17, 15) is 4.79 Å². The van der Waals surface area contributed by atoms with Crippen LogP contribution in [0.5, 0.6) is 0 Å². The van der Waals surface area contributed by atoms with Gasteiger partial charge in [-0.15, -0.1) is 0 Å². The van der Waals surface area contributed by atoms with Crippen LogP contribution in [0.4, 0.5) is 0 Å². The molecular weight excluding hydrogens is 230 g/mol. The first kappa shape index (κ1) is 10.5. The number of aromatic carboxylic acids is 1. The van der Waals surface area contributed by atoms with E-state index in [1.807, 2.05) is 42.5 Å². The quantitative estimate of drug-likeness (QED) is 0.745. The molecule has 0 saturated heterocycles. The number of carboxylic acids is 1. The zero-order chi connectivity index (χ0) is 12.5. The summed E-state index contributed by atoms with van der Waals surface area (Å²) in [7, 11) is 0. The number of carboxylic acid groups (broad SMARTS) is 1. The molecule has 0 aliphatic rings. The molecule has 2 aromatic carbocycles. The van der Waals surface area contributed by atoms with Crippen LogP contribution >= 0.6 is 0 Å². The number of para-hydroxylation sites is 1. The van der Waals surface area contributed by atoms with Crippen molar-refractivity contribution in [2.45, 2.75) is 0 Å². The molecule has 0 radical (unpaired) electrons. The molecule has 0 unspecified atom stereocenters. The first-order valence-electron chi connectivity index (χ1n) is 5.44. The maximum Gasteiger partial charge on any atom is 0.392 e. The fourth-order valence-electron chi connectivity index (χ4n) is 1.89.